The van der Waals surface area contributed by atoms with Crippen molar-refractivity contribution < 1.29 is 4.79 Å². The number of allylic oxidation sites excluding steroid dienone is 6. The lowest BCUT2D eigenvalue weighted by Crippen LogP contribution is -2.51. The van der Waals surface area contributed by atoms with Crippen molar-refractivity contribution in [1.29, 1.82) is 0 Å². The molecule has 0 amide bonds. The van der Waals surface area contributed by atoms with Gasteiger partial charge in [0.15, 0.2) is 5.78 Å². The highest BCUT2D eigenvalue weighted by atomic mass is 16.1. The van der Waals surface area contributed by atoms with Crippen LogP contribution in [0.5, 0.6) is 0 Å². The summed E-state index contributed by atoms with van der Waals surface area (Å²) in [5, 5.41) is 0. The summed E-state index contributed by atoms with van der Waals surface area (Å²) in [6.45, 7) is 4.96. The number of hydrogen-bond donors (Lipinski definition) is 0. The predicted molar refractivity (Wildman–Crippen MR) is 111 cm³/mol. The Kier molecular flexibility index (Phi) is 3.23. The van der Waals surface area contributed by atoms with Crippen molar-refractivity contribution >= 4 is 11.4 Å². The van der Waals surface area contributed by atoms with E-state index in [2.05, 4.69) is 43.1 Å². The normalized spacial score (nSPS) is 42.4. The van der Waals surface area contributed by atoms with Crippen LogP contribution in [0.4, 0.5) is 0 Å². The number of fused-ring (bicyclic) bond motifs is 6. The summed E-state index contributed by atoms with van der Waals surface area (Å²) < 4.78 is 0. The molecule has 3 fully saturated rings. The van der Waals surface area contributed by atoms with E-state index in [9.17, 15) is 4.79 Å². The van der Waals surface area contributed by atoms with E-state index in [1.54, 1.807) is 0 Å². The molecule has 5 atom stereocenters. The number of ketones is 1. The Morgan fingerprint density at radius 2 is 2.00 bits per heavy atom. The van der Waals surface area contributed by atoms with Gasteiger partial charge in [-0.05, 0) is 96.5 Å². The fourth-order valence-corrected chi connectivity index (χ4v) is 7.78. The Bertz CT molecular complexity index is 950. The van der Waals surface area contributed by atoms with Crippen LogP contribution < -0.4 is 0 Å². The van der Waals surface area contributed by atoms with Crippen LogP contribution in [0.1, 0.15) is 57.9 Å². The summed E-state index contributed by atoms with van der Waals surface area (Å²) in [5.41, 5.74) is 5.02. The van der Waals surface area contributed by atoms with Crippen LogP contribution in [0.2, 0.25) is 0 Å². The van der Waals surface area contributed by atoms with Gasteiger partial charge in [0.1, 0.15) is 0 Å². The molecule has 144 valence electrons. The van der Waals surface area contributed by atoms with E-state index in [0.717, 1.165) is 11.8 Å². The van der Waals surface area contributed by atoms with Gasteiger partial charge in [0, 0.05) is 17.8 Å². The predicted octanol–water partition coefficient (Wildman–Crippen LogP) is 5.77. The molecule has 0 N–H and O–H groups in total. The van der Waals surface area contributed by atoms with Crippen molar-refractivity contribution in [2.24, 2.45) is 34.0 Å². The molecule has 0 saturated heterocycles. The zero-order valence-corrected chi connectivity index (χ0v) is 16.9. The average Bonchev–Trinajstić information content (AvgIpc) is 3.37. The van der Waals surface area contributed by atoms with Gasteiger partial charge in [-0.25, -0.2) is 0 Å². The summed E-state index contributed by atoms with van der Waals surface area (Å²) >= 11 is 0. The minimum absolute atomic E-state index is 0.0890. The Morgan fingerprint density at radius 1 is 1.14 bits per heavy atom. The van der Waals surface area contributed by atoms with Crippen LogP contribution in [-0.4, -0.2) is 10.8 Å². The summed E-state index contributed by atoms with van der Waals surface area (Å²) in [4.78, 5) is 16.6. The van der Waals surface area contributed by atoms with Crippen LogP contribution in [0.3, 0.4) is 0 Å². The van der Waals surface area contributed by atoms with Crippen LogP contribution in [0, 0.1) is 34.0 Å². The van der Waals surface area contributed by atoms with E-state index in [0.29, 0.717) is 11.3 Å². The Hall–Kier alpha value is -1.96. The van der Waals surface area contributed by atoms with Gasteiger partial charge in [-0.1, -0.05) is 37.6 Å². The number of carbonyl (C=O) groups excluding carboxylic acids is 1. The highest BCUT2D eigenvalue weighted by Crippen LogP contribution is 2.74. The molecule has 0 bridgehead atoms. The first-order valence-electron chi connectivity index (χ1n) is 11.0. The molecule has 0 radical (unpaired) electrons. The molecular formula is C26H29NO. The van der Waals surface area contributed by atoms with Crippen LogP contribution >= 0.6 is 0 Å². The van der Waals surface area contributed by atoms with Crippen molar-refractivity contribution in [3.63, 3.8) is 0 Å². The van der Waals surface area contributed by atoms with Gasteiger partial charge >= 0.3 is 0 Å². The van der Waals surface area contributed by atoms with Gasteiger partial charge in [0.25, 0.3) is 0 Å². The molecule has 0 aromatic carbocycles. The molecule has 5 aliphatic rings. The zero-order chi connectivity index (χ0) is 19.1. The molecule has 3 saturated carbocycles. The fraction of sp³-hybridized carbons (Fsp3) is 0.538. The lowest BCUT2D eigenvalue weighted by molar-refractivity contribution is -0.111. The summed E-state index contributed by atoms with van der Waals surface area (Å²) in [5.74, 6) is 2.36. The number of nitrogens with zero attached hydrogens (tertiary/aromatic N) is 1. The first kappa shape index (κ1) is 16.9. The fourth-order valence-electron chi connectivity index (χ4n) is 7.78. The first-order chi connectivity index (χ1) is 13.5. The van der Waals surface area contributed by atoms with Gasteiger partial charge in [-0.2, -0.15) is 0 Å². The molecule has 5 unspecified atom stereocenters. The minimum atomic E-state index is 0.0890. The lowest BCUT2D eigenvalue weighted by atomic mass is 9.45. The Labute approximate surface area is 167 Å². The van der Waals surface area contributed by atoms with E-state index in [1.807, 2.05) is 24.5 Å². The number of hydrogen-bond acceptors (Lipinski definition) is 2. The molecule has 28 heavy (non-hydrogen) atoms. The summed E-state index contributed by atoms with van der Waals surface area (Å²) in [7, 11) is 0. The standard InChI is InChI=1S/C26H29NO/c1-24-10-8-22-19(21(24)6-5-20(24)17-4-3-13-27-16-17)15-26(11-12-26)23-14-18(28)7-9-25(22,23)2/h3-5,7,9,13-14,16,19,21-22H,6,8,10-12,15H2,1-2H3. The molecule has 5 aliphatic carbocycles. The maximum absolute atomic E-state index is 12.2. The smallest absolute Gasteiger partial charge is 0.178 e. The lowest BCUT2D eigenvalue weighted by Gasteiger charge is -2.59. The number of aromatic nitrogens is 1. The van der Waals surface area contributed by atoms with Crippen LogP contribution in [-0.2, 0) is 4.79 Å². The largest absolute Gasteiger partial charge is 0.290 e. The summed E-state index contributed by atoms with van der Waals surface area (Å²) in [6.07, 6.45) is 20.2. The summed E-state index contributed by atoms with van der Waals surface area (Å²) in [6, 6.07) is 4.31. The van der Waals surface area contributed by atoms with Crippen LogP contribution in [0.25, 0.3) is 5.57 Å². The molecule has 2 heteroatoms. The third-order valence-corrected chi connectivity index (χ3v) is 9.27. The Morgan fingerprint density at radius 3 is 2.75 bits per heavy atom. The second kappa shape index (κ2) is 5.34. The minimum Gasteiger partial charge on any atom is -0.290 e. The molecule has 6 rings (SSSR count). The van der Waals surface area contributed by atoms with Crippen molar-refractivity contribution in [3.8, 4) is 0 Å². The number of carbonyl (C=O) groups is 1. The van der Waals surface area contributed by atoms with E-state index >= 15 is 0 Å². The molecular weight excluding hydrogens is 342 g/mol. The second-order valence-corrected chi connectivity index (χ2v) is 10.5. The van der Waals surface area contributed by atoms with Gasteiger partial charge in [-0.3, -0.25) is 9.78 Å². The molecule has 1 spiro atoms. The molecule has 0 aliphatic heterocycles. The average molecular weight is 372 g/mol. The third kappa shape index (κ3) is 2.04. The van der Waals surface area contributed by atoms with Gasteiger partial charge in [0.2, 0.25) is 0 Å². The van der Waals surface area contributed by atoms with Crippen LogP contribution in [0.15, 0.2) is 54.4 Å². The number of pyridine rings is 1. The number of rotatable bonds is 1. The van der Waals surface area contributed by atoms with Crippen molar-refractivity contribution in [2.75, 3.05) is 0 Å². The van der Waals surface area contributed by atoms with Crippen molar-refractivity contribution in [3.05, 3.63) is 60.0 Å². The van der Waals surface area contributed by atoms with E-state index in [4.69, 9.17) is 0 Å². The Balaban J connectivity index is 1.40. The molecule has 1 aromatic rings. The second-order valence-electron chi connectivity index (χ2n) is 10.5. The van der Waals surface area contributed by atoms with E-state index < -0.39 is 0 Å². The maximum Gasteiger partial charge on any atom is 0.178 e. The van der Waals surface area contributed by atoms with Crippen molar-refractivity contribution in [2.45, 2.75) is 52.4 Å². The molecule has 1 heterocycles. The van der Waals surface area contributed by atoms with Gasteiger partial charge < -0.3 is 0 Å². The highest BCUT2D eigenvalue weighted by molar-refractivity contribution is 6.01. The van der Waals surface area contributed by atoms with E-state index in [-0.39, 0.29) is 16.6 Å². The highest BCUT2D eigenvalue weighted by Gasteiger charge is 2.64. The van der Waals surface area contributed by atoms with Crippen molar-refractivity contribution in [1.82, 2.24) is 4.98 Å². The van der Waals surface area contributed by atoms with Gasteiger partial charge in [-0.15, -0.1) is 0 Å². The third-order valence-electron chi connectivity index (χ3n) is 9.27. The van der Waals surface area contributed by atoms with E-state index in [1.165, 1.54) is 55.2 Å². The quantitative estimate of drug-likeness (QED) is 0.627. The van der Waals surface area contributed by atoms with Gasteiger partial charge in [0.05, 0.1) is 0 Å². The molecule has 2 nitrogen and oxygen atoms in total. The zero-order valence-electron chi connectivity index (χ0n) is 16.9. The monoisotopic (exact) mass is 371 g/mol. The topological polar surface area (TPSA) is 30.0 Å². The first-order valence-corrected chi connectivity index (χ1v) is 11.0. The SMILES string of the molecule is CC12C=CC(=O)C=C1C1(CC1)CC1C2CCC2(C)C(c3cccnc3)=CCC12. The maximum atomic E-state index is 12.2. The molecule has 1 aromatic heterocycles.